The Balaban J connectivity index is 1.51. The highest BCUT2D eigenvalue weighted by molar-refractivity contribution is 5.94. The zero-order valence-corrected chi connectivity index (χ0v) is 18.4. The number of ether oxygens (including phenoxy) is 2. The fourth-order valence-corrected chi connectivity index (χ4v) is 3.85. The Hall–Kier alpha value is -3.09. The number of aryl methyl sites for hydroxylation is 1. The van der Waals surface area contributed by atoms with E-state index >= 15 is 0 Å². The average Bonchev–Trinajstić information content (AvgIpc) is 3.19. The monoisotopic (exact) mass is 426 g/mol. The van der Waals surface area contributed by atoms with E-state index in [1.54, 1.807) is 31.2 Å². The van der Waals surface area contributed by atoms with E-state index in [0.29, 0.717) is 30.0 Å². The van der Waals surface area contributed by atoms with Gasteiger partial charge in [-0.1, -0.05) is 12.1 Å². The molecule has 7 nitrogen and oxygen atoms in total. The molecular weight excluding hydrogens is 396 g/mol. The van der Waals surface area contributed by atoms with Crippen LogP contribution < -0.4 is 4.74 Å². The second kappa shape index (κ2) is 10.3. The third kappa shape index (κ3) is 5.75. The number of benzene rings is 1. The number of carbonyl (C=O) groups excluding carboxylic acids is 3. The second-order valence-electron chi connectivity index (χ2n) is 7.95. The van der Waals surface area contributed by atoms with Crippen LogP contribution in [0.2, 0.25) is 0 Å². The number of ketones is 1. The molecule has 2 aromatic rings. The molecule has 1 aliphatic heterocycles. The largest absolute Gasteiger partial charge is 0.479 e. The maximum atomic E-state index is 12.9. The number of amides is 1. The Morgan fingerprint density at radius 1 is 1.16 bits per heavy atom. The number of esters is 1. The molecule has 1 fully saturated rings. The average molecular weight is 427 g/mol. The van der Waals surface area contributed by atoms with Crippen LogP contribution in [0.3, 0.4) is 0 Å². The highest BCUT2D eigenvalue weighted by Gasteiger charge is 2.29. The smallest absolute Gasteiger partial charge is 0.347 e. The van der Waals surface area contributed by atoms with Crippen LogP contribution in [0.4, 0.5) is 0 Å². The molecular formula is C24H30N2O5. The number of Topliss-reactive ketones (excluding diaryl/α,β-unsaturated/α-hetero) is 1. The van der Waals surface area contributed by atoms with Gasteiger partial charge in [0.05, 0.1) is 6.61 Å². The lowest BCUT2D eigenvalue weighted by Crippen LogP contribution is -2.45. The summed E-state index contributed by atoms with van der Waals surface area (Å²) in [4.78, 5) is 38.7. The molecule has 31 heavy (non-hydrogen) atoms. The van der Waals surface area contributed by atoms with Gasteiger partial charge in [-0.05, 0) is 57.4 Å². The highest BCUT2D eigenvalue weighted by Crippen LogP contribution is 2.22. The minimum absolute atomic E-state index is 0.0191. The van der Waals surface area contributed by atoms with Crippen molar-refractivity contribution in [3.05, 3.63) is 53.9 Å². The first-order chi connectivity index (χ1) is 14.9. The van der Waals surface area contributed by atoms with Gasteiger partial charge in [-0.3, -0.25) is 9.59 Å². The van der Waals surface area contributed by atoms with Gasteiger partial charge in [-0.25, -0.2) is 4.79 Å². The first-order valence-electron chi connectivity index (χ1n) is 10.7. The van der Waals surface area contributed by atoms with E-state index < -0.39 is 12.1 Å². The van der Waals surface area contributed by atoms with E-state index in [4.69, 9.17) is 9.47 Å². The van der Waals surface area contributed by atoms with Crippen LogP contribution in [0.1, 0.15) is 60.4 Å². The van der Waals surface area contributed by atoms with E-state index in [0.717, 1.165) is 19.3 Å². The predicted octanol–water partition coefficient (Wildman–Crippen LogP) is 3.62. The third-order valence-corrected chi connectivity index (χ3v) is 5.63. The van der Waals surface area contributed by atoms with Crippen molar-refractivity contribution in [2.75, 3.05) is 13.2 Å². The number of hydrogen-bond donors (Lipinski definition) is 0. The predicted molar refractivity (Wildman–Crippen MR) is 116 cm³/mol. The van der Waals surface area contributed by atoms with Crippen molar-refractivity contribution in [1.82, 2.24) is 9.47 Å². The SMILES string of the molecule is CC(=O)c1cccc(OC(C)C(=O)OCCC2CCCCN2C(=O)c2cccn2C)c1. The van der Waals surface area contributed by atoms with Gasteiger partial charge in [0, 0.05) is 37.8 Å². The third-order valence-electron chi connectivity index (χ3n) is 5.63. The molecule has 0 aliphatic carbocycles. The minimum atomic E-state index is -0.797. The van der Waals surface area contributed by atoms with E-state index in [1.165, 1.54) is 6.92 Å². The van der Waals surface area contributed by atoms with Gasteiger partial charge in [0.15, 0.2) is 11.9 Å². The lowest BCUT2D eigenvalue weighted by Gasteiger charge is -2.35. The summed E-state index contributed by atoms with van der Waals surface area (Å²) in [6.45, 7) is 4.04. The molecule has 0 radical (unpaired) electrons. The summed E-state index contributed by atoms with van der Waals surface area (Å²) in [6.07, 6.45) is 4.60. The standard InChI is InChI=1S/C24H30N2O5/c1-17(27)19-8-6-10-21(16-19)31-18(2)24(29)30-15-12-20-9-4-5-14-26(20)23(28)22-11-7-13-25(22)3/h6-8,10-11,13,16,18,20H,4-5,9,12,14-15H2,1-3H3. The number of nitrogens with zero attached hydrogens (tertiary/aromatic N) is 2. The van der Waals surface area contributed by atoms with E-state index in [9.17, 15) is 14.4 Å². The van der Waals surface area contributed by atoms with Gasteiger partial charge < -0.3 is 18.9 Å². The molecule has 2 heterocycles. The molecule has 2 atom stereocenters. The summed E-state index contributed by atoms with van der Waals surface area (Å²) in [5.74, 6) is -0.0682. The number of hydrogen-bond acceptors (Lipinski definition) is 5. The second-order valence-corrected chi connectivity index (χ2v) is 7.95. The number of piperidine rings is 1. The van der Waals surface area contributed by atoms with Crippen molar-refractivity contribution in [3.63, 3.8) is 0 Å². The van der Waals surface area contributed by atoms with E-state index in [2.05, 4.69) is 0 Å². The molecule has 1 amide bonds. The molecule has 0 spiro atoms. The first kappa shape index (κ1) is 22.6. The molecule has 1 saturated heterocycles. The van der Waals surface area contributed by atoms with Gasteiger partial charge in [0.1, 0.15) is 11.4 Å². The van der Waals surface area contributed by atoms with Crippen molar-refractivity contribution in [2.45, 2.75) is 51.7 Å². The zero-order valence-electron chi connectivity index (χ0n) is 18.4. The molecule has 1 aromatic carbocycles. The Morgan fingerprint density at radius 2 is 1.97 bits per heavy atom. The van der Waals surface area contributed by atoms with Crippen LogP contribution in [0.15, 0.2) is 42.6 Å². The van der Waals surface area contributed by atoms with Crippen molar-refractivity contribution >= 4 is 17.7 Å². The maximum absolute atomic E-state index is 12.9. The summed E-state index contributed by atoms with van der Waals surface area (Å²) in [5, 5.41) is 0. The topological polar surface area (TPSA) is 77.8 Å². The summed E-state index contributed by atoms with van der Waals surface area (Å²) in [7, 11) is 1.86. The minimum Gasteiger partial charge on any atom is -0.479 e. The number of likely N-dealkylation sites (tertiary alicyclic amines) is 1. The first-order valence-corrected chi connectivity index (χ1v) is 10.7. The van der Waals surface area contributed by atoms with Crippen LogP contribution >= 0.6 is 0 Å². The van der Waals surface area contributed by atoms with Crippen LogP contribution in [0.25, 0.3) is 0 Å². The number of aromatic nitrogens is 1. The number of rotatable bonds is 8. The molecule has 7 heteroatoms. The summed E-state index contributed by atoms with van der Waals surface area (Å²) >= 11 is 0. The summed E-state index contributed by atoms with van der Waals surface area (Å²) in [5.41, 5.74) is 1.19. The fourth-order valence-electron chi connectivity index (χ4n) is 3.85. The lowest BCUT2D eigenvalue weighted by atomic mass is 9.99. The van der Waals surface area contributed by atoms with Gasteiger partial charge in [0.25, 0.3) is 5.91 Å². The van der Waals surface area contributed by atoms with E-state index in [1.807, 2.05) is 34.8 Å². The van der Waals surface area contributed by atoms with Crippen molar-refractivity contribution in [1.29, 1.82) is 0 Å². The molecule has 1 aliphatic rings. The summed E-state index contributed by atoms with van der Waals surface area (Å²) < 4.78 is 12.9. The molecule has 1 aromatic heterocycles. The molecule has 2 unspecified atom stereocenters. The molecule has 166 valence electrons. The van der Waals surface area contributed by atoms with Gasteiger partial charge in [-0.15, -0.1) is 0 Å². The van der Waals surface area contributed by atoms with Crippen molar-refractivity contribution in [3.8, 4) is 5.75 Å². The normalized spacial score (nSPS) is 17.1. The molecule has 0 N–H and O–H groups in total. The Kier molecular flexibility index (Phi) is 7.50. The molecule has 0 saturated carbocycles. The van der Waals surface area contributed by atoms with Crippen LogP contribution in [-0.2, 0) is 16.6 Å². The fraction of sp³-hybridized carbons (Fsp3) is 0.458. The lowest BCUT2D eigenvalue weighted by molar-refractivity contribution is -0.151. The maximum Gasteiger partial charge on any atom is 0.347 e. The van der Waals surface area contributed by atoms with Crippen molar-refractivity contribution in [2.24, 2.45) is 7.05 Å². The van der Waals surface area contributed by atoms with Gasteiger partial charge in [0.2, 0.25) is 0 Å². The Morgan fingerprint density at radius 3 is 2.68 bits per heavy atom. The zero-order chi connectivity index (χ0) is 22.4. The molecule has 0 bridgehead atoms. The van der Waals surface area contributed by atoms with Crippen LogP contribution in [-0.4, -0.2) is 52.4 Å². The van der Waals surface area contributed by atoms with Crippen molar-refractivity contribution < 1.29 is 23.9 Å². The quantitative estimate of drug-likeness (QED) is 0.476. The Labute approximate surface area is 182 Å². The Bertz CT molecular complexity index is 936. The highest BCUT2D eigenvalue weighted by atomic mass is 16.6. The molecule has 3 rings (SSSR count). The number of carbonyl (C=O) groups is 3. The van der Waals surface area contributed by atoms with Gasteiger partial charge in [-0.2, -0.15) is 0 Å². The summed E-state index contributed by atoms with van der Waals surface area (Å²) in [6, 6.07) is 10.5. The van der Waals surface area contributed by atoms with Crippen LogP contribution in [0, 0.1) is 0 Å². The van der Waals surface area contributed by atoms with Crippen LogP contribution in [0.5, 0.6) is 5.75 Å². The van der Waals surface area contributed by atoms with E-state index in [-0.39, 0.29) is 24.3 Å². The van der Waals surface area contributed by atoms with Gasteiger partial charge >= 0.3 is 5.97 Å².